The van der Waals surface area contributed by atoms with Crippen molar-refractivity contribution in [3.05, 3.63) is 69.8 Å². The molecule has 0 heterocycles. The van der Waals surface area contributed by atoms with E-state index >= 15 is 0 Å². The lowest BCUT2D eigenvalue weighted by Gasteiger charge is -2.10. The number of hydrogen-bond acceptors (Lipinski definition) is 6. The van der Waals surface area contributed by atoms with Gasteiger partial charge in [-0.1, -0.05) is 24.3 Å². The van der Waals surface area contributed by atoms with Crippen LogP contribution in [0.15, 0.2) is 48.5 Å². The summed E-state index contributed by atoms with van der Waals surface area (Å²) in [6.07, 6.45) is 0. The minimum Gasteiger partial charge on any atom is -0.426 e. The normalized spacial score (nSPS) is 9.88. The summed E-state index contributed by atoms with van der Waals surface area (Å²) >= 11 is 0. The maximum Gasteiger partial charge on any atom is 0.308 e. The standard InChI is InChI=1S/C16H14N2O6/c1-11(19)24-15-5-3-2-4-14(15)16(20)17-13-8-6-12(7-9-13)10-23-18(21)22/h2-9H,10H2,1H3,(H,17,20). The fourth-order valence-electron chi connectivity index (χ4n) is 1.91. The molecule has 0 saturated carbocycles. The fraction of sp³-hybridized carbons (Fsp3) is 0.125. The average molecular weight is 330 g/mol. The van der Waals surface area contributed by atoms with Gasteiger partial charge < -0.3 is 14.9 Å². The molecule has 124 valence electrons. The highest BCUT2D eigenvalue weighted by Gasteiger charge is 2.13. The zero-order valence-electron chi connectivity index (χ0n) is 12.7. The first kappa shape index (κ1) is 16.9. The van der Waals surface area contributed by atoms with Gasteiger partial charge in [0.25, 0.3) is 11.0 Å². The summed E-state index contributed by atoms with van der Waals surface area (Å²) < 4.78 is 5.00. The van der Waals surface area contributed by atoms with E-state index in [1.165, 1.54) is 19.1 Å². The number of nitrogens with zero attached hydrogens (tertiary/aromatic N) is 1. The predicted molar refractivity (Wildman–Crippen MR) is 83.9 cm³/mol. The minimum atomic E-state index is -0.873. The van der Waals surface area contributed by atoms with Crippen LogP contribution in [0.2, 0.25) is 0 Å². The van der Waals surface area contributed by atoms with E-state index in [2.05, 4.69) is 10.2 Å². The van der Waals surface area contributed by atoms with E-state index < -0.39 is 17.0 Å². The number of esters is 1. The van der Waals surface area contributed by atoms with Crippen molar-refractivity contribution in [1.29, 1.82) is 0 Å². The molecule has 1 amide bonds. The van der Waals surface area contributed by atoms with Gasteiger partial charge in [0.05, 0.1) is 5.56 Å². The van der Waals surface area contributed by atoms with Gasteiger partial charge in [-0.25, -0.2) is 0 Å². The van der Waals surface area contributed by atoms with Crippen LogP contribution in [0.4, 0.5) is 5.69 Å². The quantitative estimate of drug-likeness (QED) is 0.377. The Labute approximate surface area is 137 Å². The number of ether oxygens (including phenoxy) is 1. The van der Waals surface area contributed by atoms with E-state index in [-0.39, 0.29) is 17.9 Å². The lowest BCUT2D eigenvalue weighted by molar-refractivity contribution is -0.763. The summed E-state index contributed by atoms with van der Waals surface area (Å²) in [5, 5.41) is 11.9. The highest BCUT2D eigenvalue weighted by molar-refractivity contribution is 6.06. The van der Waals surface area contributed by atoms with E-state index in [1.807, 2.05) is 0 Å². The Bertz CT molecular complexity index is 757. The molecule has 0 spiro atoms. The zero-order valence-corrected chi connectivity index (χ0v) is 12.7. The van der Waals surface area contributed by atoms with Crippen LogP contribution in [-0.2, 0) is 16.2 Å². The van der Waals surface area contributed by atoms with Crippen molar-refractivity contribution in [1.82, 2.24) is 0 Å². The largest absolute Gasteiger partial charge is 0.426 e. The molecule has 24 heavy (non-hydrogen) atoms. The number of carbonyl (C=O) groups is 2. The van der Waals surface area contributed by atoms with Gasteiger partial charge >= 0.3 is 5.97 Å². The van der Waals surface area contributed by atoms with E-state index in [9.17, 15) is 19.7 Å². The van der Waals surface area contributed by atoms with Crippen molar-refractivity contribution in [2.24, 2.45) is 0 Å². The molecule has 0 aliphatic heterocycles. The molecule has 8 nitrogen and oxygen atoms in total. The van der Waals surface area contributed by atoms with Crippen LogP contribution >= 0.6 is 0 Å². The highest BCUT2D eigenvalue weighted by atomic mass is 16.9. The van der Waals surface area contributed by atoms with Gasteiger partial charge in [0.15, 0.2) is 0 Å². The van der Waals surface area contributed by atoms with Crippen LogP contribution in [-0.4, -0.2) is 17.0 Å². The summed E-state index contributed by atoms with van der Waals surface area (Å²) in [5.74, 6) is -0.801. The van der Waals surface area contributed by atoms with Gasteiger partial charge in [0, 0.05) is 12.6 Å². The van der Waals surface area contributed by atoms with E-state index in [4.69, 9.17) is 4.74 Å². The van der Waals surface area contributed by atoms with Crippen LogP contribution < -0.4 is 10.1 Å². The maximum atomic E-state index is 12.3. The molecule has 0 saturated heterocycles. The second kappa shape index (κ2) is 7.73. The molecular weight excluding hydrogens is 316 g/mol. The van der Waals surface area contributed by atoms with Crippen LogP contribution in [0, 0.1) is 10.1 Å². The Morgan fingerprint density at radius 2 is 1.79 bits per heavy atom. The summed E-state index contributed by atoms with van der Waals surface area (Å²) in [6, 6.07) is 12.7. The first-order valence-corrected chi connectivity index (χ1v) is 6.91. The number of nitrogens with one attached hydrogen (secondary N) is 1. The molecule has 1 N–H and O–H groups in total. The molecule has 2 aromatic carbocycles. The SMILES string of the molecule is CC(=O)Oc1ccccc1C(=O)Nc1ccc(CO[N+](=O)[O-])cc1. The monoisotopic (exact) mass is 330 g/mol. The van der Waals surface area contributed by atoms with Crippen LogP contribution in [0.1, 0.15) is 22.8 Å². The van der Waals surface area contributed by atoms with Gasteiger partial charge in [-0.2, -0.15) is 0 Å². The fourth-order valence-corrected chi connectivity index (χ4v) is 1.91. The third-order valence-corrected chi connectivity index (χ3v) is 2.93. The van der Waals surface area contributed by atoms with E-state index in [1.54, 1.807) is 36.4 Å². The number of benzene rings is 2. The smallest absolute Gasteiger partial charge is 0.308 e. The van der Waals surface area contributed by atoms with E-state index in [0.717, 1.165) is 0 Å². The summed E-state index contributed by atoms with van der Waals surface area (Å²) in [6.45, 7) is 1.08. The number of amides is 1. The molecular formula is C16H14N2O6. The van der Waals surface area contributed by atoms with Crippen LogP contribution in [0.25, 0.3) is 0 Å². The first-order chi connectivity index (χ1) is 11.5. The van der Waals surface area contributed by atoms with Crippen molar-refractivity contribution in [2.75, 3.05) is 5.32 Å². The Morgan fingerprint density at radius 1 is 1.12 bits per heavy atom. The van der Waals surface area contributed by atoms with Gasteiger partial charge in [0.2, 0.25) is 0 Å². The molecule has 0 fully saturated rings. The van der Waals surface area contributed by atoms with Crippen molar-refractivity contribution >= 4 is 17.6 Å². The molecule has 0 aliphatic rings. The van der Waals surface area contributed by atoms with Crippen molar-refractivity contribution in [2.45, 2.75) is 13.5 Å². The zero-order chi connectivity index (χ0) is 17.5. The summed E-state index contributed by atoms with van der Waals surface area (Å²) in [4.78, 5) is 37.8. The van der Waals surface area contributed by atoms with Gasteiger partial charge in [-0.3, -0.25) is 9.59 Å². The maximum absolute atomic E-state index is 12.3. The Hall–Kier alpha value is -3.42. The second-order valence-electron chi connectivity index (χ2n) is 4.74. The molecule has 2 aromatic rings. The lowest BCUT2D eigenvalue weighted by atomic mass is 10.1. The van der Waals surface area contributed by atoms with Crippen LogP contribution in [0.3, 0.4) is 0 Å². The van der Waals surface area contributed by atoms with Crippen molar-refractivity contribution in [3.8, 4) is 5.75 Å². The molecule has 0 aromatic heterocycles. The third-order valence-electron chi connectivity index (χ3n) is 2.93. The molecule has 8 heteroatoms. The number of rotatable bonds is 6. The first-order valence-electron chi connectivity index (χ1n) is 6.91. The Morgan fingerprint density at radius 3 is 2.42 bits per heavy atom. The average Bonchev–Trinajstić information content (AvgIpc) is 2.54. The Kier molecular flexibility index (Phi) is 5.45. The third kappa shape index (κ3) is 4.80. The van der Waals surface area contributed by atoms with Crippen molar-refractivity contribution in [3.63, 3.8) is 0 Å². The highest BCUT2D eigenvalue weighted by Crippen LogP contribution is 2.20. The minimum absolute atomic E-state index is 0.165. The predicted octanol–water partition coefficient (Wildman–Crippen LogP) is 2.57. The summed E-state index contributed by atoms with van der Waals surface area (Å²) in [5.41, 5.74) is 1.29. The molecule has 0 radical (unpaired) electrons. The van der Waals surface area contributed by atoms with Crippen LogP contribution in [0.5, 0.6) is 5.75 Å². The second-order valence-corrected chi connectivity index (χ2v) is 4.74. The van der Waals surface area contributed by atoms with Gasteiger partial charge in [0.1, 0.15) is 12.4 Å². The topological polar surface area (TPSA) is 108 Å². The van der Waals surface area contributed by atoms with Crippen molar-refractivity contribution < 1.29 is 24.3 Å². The molecule has 0 aliphatic carbocycles. The van der Waals surface area contributed by atoms with Gasteiger partial charge in [-0.15, -0.1) is 10.1 Å². The summed E-state index contributed by atoms with van der Waals surface area (Å²) in [7, 11) is 0. The molecule has 0 atom stereocenters. The lowest BCUT2D eigenvalue weighted by Crippen LogP contribution is -2.14. The number of hydrogen-bond donors (Lipinski definition) is 1. The molecule has 0 unspecified atom stereocenters. The molecule has 2 rings (SSSR count). The molecule has 0 bridgehead atoms. The van der Waals surface area contributed by atoms with E-state index in [0.29, 0.717) is 11.3 Å². The number of carbonyl (C=O) groups excluding carboxylic acids is 2. The Balaban J connectivity index is 2.07. The van der Waals surface area contributed by atoms with Gasteiger partial charge in [-0.05, 0) is 29.8 Å². The number of anilines is 1. The number of para-hydroxylation sites is 1.